The largest absolute Gasteiger partial charge is 0.341 e. The van der Waals surface area contributed by atoms with Gasteiger partial charge >= 0.3 is 0 Å². The van der Waals surface area contributed by atoms with Gasteiger partial charge in [0.2, 0.25) is 5.91 Å². The molecule has 1 aliphatic rings. The molecular weight excluding hydrogens is 290 g/mol. The molecule has 2 N–H and O–H groups in total. The quantitative estimate of drug-likeness (QED) is 0.912. The molecule has 1 aromatic carbocycles. The van der Waals surface area contributed by atoms with Gasteiger partial charge < -0.3 is 10.6 Å². The molecule has 0 aromatic heterocycles. The molecule has 106 valence electrons. The summed E-state index contributed by atoms with van der Waals surface area (Å²) >= 11 is 5.76. The Bertz CT molecular complexity index is 436. The Hall–Kier alpha value is -0.840. The molecule has 0 aliphatic carbocycles. The number of carbonyl (C=O) groups is 1. The average Bonchev–Trinajstić information content (AvgIpc) is 2.27. The minimum atomic E-state index is -0.416. The summed E-state index contributed by atoms with van der Waals surface area (Å²) in [7, 11) is 0. The smallest absolute Gasteiger partial charge is 0.227 e. The lowest BCUT2D eigenvalue weighted by Gasteiger charge is -2.30. The molecule has 0 spiro atoms. The van der Waals surface area contributed by atoms with Gasteiger partial charge in [-0.15, -0.1) is 12.4 Å². The van der Waals surface area contributed by atoms with Gasteiger partial charge in [-0.3, -0.25) is 4.79 Å². The van der Waals surface area contributed by atoms with Gasteiger partial charge in [0.25, 0.3) is 0 Å². The van der Waals surface area contributed by atoms with E-state index < -0.39 is 5.82 Å². The maximum absolute atomic E-state index is 13.2. The highest BCUT2D eigenvalue weighted by molar-refractivity contribution is 6.30. The van der Waals surface area contributed by atoms with E-state index in [-0.39, 0.29) is 30.8 Å². The summed E-state index contributed by atoms with van der Waals surface area (Å²) < 4.78 is 13.2. The molecular formula is C13H17Cl2FN2O. The Morgan fingerprint density at radius 2 is 2.21 bits per heavy atom. The third-order valence-electron chi connectivity index (χ3n) is 3.09. The summed E-state index contributed by atoms with van der Waals surface area (Å²) in [5, 5.41) is 0.313. The van der Waals surface area contributed by atoms with Crippen molar-refractivity contribution < 1.29 is 9.18 Å². The Morgan fingerprint density at radius 1 is 1.47 bits per heavy atom. The summed E-state index contributed by atoms with van der Waals surface area (Å²) in [6, 6.07) is 4.24. The number of likely N-dealkylation sites (tertiary alicyclic amines) is 1. The molecule has 1 saturated heterocycles. The van der Waals surface area contributed by atoms with Gasteiger partial charge in [-0.25, -0.2) is 4.39 Å². The molecule has 3 nitrogen and oxygen atoms in total. The van der Waals surface area contributed by atoms with Gasteiger partial charge in [-0.2, -0.15) is 0 Å². The molecule has 19 heavy (non-hydrogen) atoms. The minimum Gasteiger partial charge on any atom is -0.341 e. The van der Waals surface area contributed by atoms with Crippen molar-refractivity contribution in [1.82, 2.24) is 4.90 Å². The Kier molecular flexibility index (Phi) is 6.04. The number of piperidine rings is 1. The van der Waals surface area contributed by atoms with E-state index in [4.69, 9.17) is 17.3 Å². The van der Waals surface area contributed by atoms with Crippen molar-refractivity contribution in [1.29, 1.82) is 0 Å². The van der Waals surface area contributed by atoms with Crippen LogP contribution in [0, 0.1) is 5.82 Å². The topological polar surface area (TPSA) is 46.3 Å². The fourth-order valence-electron chi connectivity index (χ4n) is 2.24. The second-order valence-corrected chi connectivity index (χ2v) is 5.13. The SMILES string of the molecule is Cl.N[C@@H]1CCCN(C(=O)Cc2cc(F)cc(Cl)c2)C1. The van der Waals surface area contributed by atoms with Crippen molar-refractivity contribution in [3.63, 3.8) is 0 Å². The van der Waals surface area contributed by atoms with E-state index in [2.05, 4.69) is 0 Å². The van der Waals surface area contributed by atoms with Crippen LogP contribution in [0.5, 0.6) is 0 Å². The van der Waals surface area contributed by atoms with Crippen molar-refractivity contribution in [3.05, 3.63) is 34.6 Å². The number of hydrogen-bond donors (Lipinski definition) is 1. The first-order chi connectivity index (χ1) is 8.54. The lowest BCUT2D eigenvalue weighted by Crippen LogP contribution is -2.46. The van der Waals surface area contributed by atoms with E-state index in [1.807, 2.05) is 0 Å². The van der Waals surface area contributed by atoms with Gasteiger partial charge in [0.15, 0.2) is 0 Å². The molecule has 1 amide bonds. The highest BCUT2D eigenvalue weighted by Crippen LogP contribution is 2.16. The van der Waals surface area contributed by atoms with E-state index in [0.29, 0.717) is 17.1 Å². The molecule has 0 bridgehead atoms. The maximum Gasteiger partial charge on any atom is 0.227 e. The van der Waals surface area contributed by atoms with Crippen molar-refractivity contribution >= 4 is 29.9 Å². The number of benzene rings is 1. The Balaban J connectivity index is 0.00000180. The van der Waals surface area contributed by atoms with Crippen molar-refractivity contribution in [3.8, 4) is 0 Å². The number of halogens is 3. The standard InChI is InChI=1S/C13H16ClFN2O.ClH/c14-10-4-9(5-11(15)7-10)6-13(18)17-3-1-2-12(16)8-17;/h4-5,7,12H,1-3,6,8,16H2;1H/t12-;/m1./s1. The van der Waals surface area contributed by atoms with Crippen LogP contribution in [0.2, 0.25) is 5.02 Å². The van der Waals surface area contributed by atoms with Gasteiger partial charge in [0, 0.05) is 24.2 Å². The number of amides is 1. The maximum atomic E-state index is 13.2. The molecule has 1 atom stereocenters. The summed E-state index contributed by atoms with van der Waals surface area (Å²) in [6.07, 6.45) is 2.05. The summed E-state index contributed by atoms with van der Waals surface area (Å²) in [4.78, 5) is 13.8. The van der Waals surface area contributed by atoms with Crippen LogP contribution < -0.4 is 5.73 Å². The van der Waals surface area contributed by atoms with Gasteiger partial charge in [-0.05, 0) is 36.6 Å². The van der Waals surface area contributed by atoms with Crippen molar-refractivity contribution in [2.24, 2.45) is 5.73 Å². The molecule has 0 radical (unpaired) electrons. The van der Waals surface area contributed by atoms with E-state index in [1.165, 1.54) is 12.1 Å². The fourth-order valence-corrected chi connectivity index (χ4v) is 2.48. The van der Waals surface area contributed by atoms with Crippen LogP contribution in [-0.4, -0.2) is 29.9 Å². The predicted octanol–water partition coefficient (Wildman–Crippen LogP) is 2.39. The summed E-state index contributed by atoms with van der Waals surface area (Å²) in [5.74, 6) is -0.438. The van der Waals surface area contributed by atoms with E-state index in [9.17, 15) is 9.18 Å². The monoisotopic (exact) mass is 306 g/mol. The molecule has 1 heterocycles. The van der Waals surface area contributed by atoms with Crippen molar-refractivity contribution in [2.45, 2.75) is 25.3 Å². The number of rotatable bonds is 2. The normalized spacial score (nSPS) is 18.9. The zero-order chi connectivity index (χ0) is 13.1. The first-order valence-electron chi connectivity index (χ1n) is 6.03. The van der Waals surface area contributed by atoms with Crippen molar-refractivity contribution in [2.75, 3.05) is 13.1 Å². The highest BCUT2D eigenvalue weighted by atomic mass is 35.5. The lowest BCUT2D eigenvalue weighted by molar-refractivity contribution is -0.131. The van der Waals surface area contributed by atoms with E-state index in [0.717, 1.165) is 19.4 Å². The zero-order valence-corrected chi connectivity index (χ0v) is 12.0. The zero-order valence-electron chi connectivity index (χ0n) is 10.4. The lowest BCUT2D eigenvalue weighted by atomic mass is 10.1. The van der Waals surface area contributed by atoms with Crippen LogP contribution in [-0.2, 0) is 11.2 Å². The third-order valence-corrected chi connectivity index (χ3v) is 3.31. The predicted molar refractivity (Wildman–Crippen MR) is 76.2 cm³/mol. The average molecular weight is 307 g/mol. The second kappa shape index (κ2) is 7.08. The highest BCUT2D eigenvalue weighted by Gasteiger charge is 2.21. The molecule has 1 aromatic rings. The molecule has 1 aliphatic heterocycles. The van der Waals surface area contributed by atoms with Crippen LogP contribution in [0.4, 0.5) is 4.39 Å². The Labute approximate surface area is 123 Å². The number of carbonyl (C=O) groups excluding carboxylic acids is 1. The molecule has 6 heteroatoms. The Morgan fingerprint density at radius 3 is 2.84 bits per heavy atom. The number of nitrogens with zero attached hydrogens (tertiary/aromatic N) is 1. The summed E-state index contributed by atoms with van der Waals surface area (Å²) in [6.45, 7) is 1.32. The third kappa shape index (κ3) is 4.64. The molecule has 0 saturated carbocycles. The second-order valence-electron chi connectivity index (χ2n) is 4.70. The minimum absolute atomic E-state index is 0. The van der Waals surface area contributed by atoms with E-state index >= 15 is 0 Å². The van der Waals surface area contributed by atoms with Crippen LogP contribution in [0.3, 0.4) is 0 Å². The van der Waals surface area contributed by atoms with Crippen LogP contribution in [0.15, 0.2) is 18.2 Å². The molecule has 1 fully saturated rings. The first-order valence-corrected chi connectivity index (χ1v) is 6.41. The molecule has 0 unspecified atom stereocenters. The van der Waals surface area contributed by atoms with Crippen LogP contribution >= 0.6 is 24.0 Å². The molecule has 2 rings (SSSR count). The van der Waals surface area contributed by atoms with Gasteiger partial charge in [0.1, 0.15) is 5.82 Å². The van der Waals surface area contributed by atoms with Crippen LogP contribution in [0.1, 0.15) is 18.4 Å². The van der Waals surface area contributed by atoms with Crippen LogP contribution in [0.25, 0.3) is 0 Å². The van der Waals surface area contributed by atoms with Gasteiger partial charge in [-0.1, -0.05) is 11.6 Å². The first kappa shape index (κ1) is 16.2. The summed E-state index contributed by atoms with van der Waals surface area (Å²) in [5.41, 5.74) is 6.43. The van der Waals surface area contributed by atoms with Gasteiger partial charge in [0.05, 0.1) is 6.42 Å². The number of nitrogens with two attached hydrogens (primary N) is 1. The van der Waals surface area contributed by atoms with E-state index in [1.54, 1.807) is 11.0 Å². The number of hydrogen-bond acceptors (Lipinski definition) is 2. The fraction of sp³-hybridized carbons (Fsp3) is 0.462.